The van der Waals surface area contributed by atoms with Crippen LogP contribution < -0.4 is 10.6 Å². The minimum Gasteiger partial charge on any atom is -0.479 e. The SMILES string of the molecule is Cc1ccc(NC(=O)CSCC(=O)NC2(C(=O)O)CCOC2)cc1. The van der Waals surface area contributed by atoms with Gasteiger partial charge in [0.05, 0.1) is 18.1 Å². The highest BCUT2D eigenvalue weighted by molar-refractivity contribution is 8.00. The molecular formula is C16H20N2O5S. The van der Waals surface area contributed by atoms with E-state index in [2.05, 4.69) is 10.6 Å². The summed E-state index contributed by atoms with van der Waals surface area (Å²) in [6.07, 6.45) is 0.243. The van der Waals surface area contributed by atoms with Crippen molar-refractivity contribution in [2.24, 2.45) is 0 Å². The van der Waals surface area contributed by atoms with Crippen LogP contribution in [0, 0.1) is 6.92 Å². The average molecular weight is 352 g/mol. The summed E-state index contributed by atoms with van der Waals surface area (Å²) >= 11 is 1.13. The Hall–Kier alpha value is -2.06. The molecule has 2 rings (SSSR count). The highest BCUT2D eigenvalue weighted by atomic mass is 32.2. The second kappa shape index (κ2) is 8.16. The molecule has 1 atom stereocenters. The number of thioether (sulfide) groups is 1. The van der Waals surface area contributed by atoms with Crippen LogP contribution in [0.4, 0.5) is 5.69 Å². The maximum absolute atomic E-state index is 11.9. The van der Waals surface area contributed by atoms with E-state index in [9.17, 15) is 19.5 Å². The first-order valence-electron chi connectivity index (χ1n) is 7.48. The van der Waals surface area contributed by atoms with Crippen molar-refractivity contribution >= 4 is 35.2 Å². The maximum atomic E-state index is 11.9. The van der Waals surface area contributed by atoms with E-state index in [1.54, 1.807) is 12.1 Å². The zero-order valence-electron chi connectivity index (χ0n) is 13.3. The fraction of sp³-hybridized carbons (Fsp3) is 0.438. The molecule has 1 fully saturated rings. The summed E-state index contributed by atoms with van der Waals surface area (Å²) in [4.78, 5) is 35.0. The van der Waals surface area contributed by atoms with Crippen molar-refractivity contribution in [3.8, 4) is 0 Å². The number of carbonyl (C=O) groups excluding carboxylic acids is 2. The van der Waals surface area contributed by atoms with Gasteiger partial charge >= 0.3 is 5.97 Å². The molecule has 1 aliphatic heterocycles. The normalized spacial score (nSPS) is 19.7. The van der Waals surface area contributed by atoms with Crippen molar-refractivity contribution in [3.63, 3.8) is 0 Å². The largest absolute Gasteiger partial charge is 0.479 e. The number of carboxylic acid groups (broad SMARTS) is 1. The number of aliphatic carboxylic acids is 1. The summed E-state index contributed by atoms with van der Waals surface area (Å²) in [6.45, 7) is 2.23. The van der Waals surface area contributed by atoms with E-state index in [-0.39, 0.29) is 30.4 Å². The minimum atomic E-state index is -1.35. The molecule has 0 aromatic heterocycles. The lowest BCUT2D eigenvalue weighted by atomic mass is 9.99. The summed E-state index contributed by atoms with van der Waals surface area (Å²) in [5.41, 5.74) is 0.452. The van der Waals surface area contributed by atoms with E-state index in [1.807, 2.05) is 19.1 Å². The summed E-state index contributed by atoms with van der Waals surface area (Å²) in [5.74, 6) is -1.62. The molecule has 1 saturated heterocycles. The standard InChI is InChI=1S/C16H20N2O5S/c1-11-2-4-12(5-3-11)17-13(19)8-24-9-14(20)18-16(15(21)22)6-7-23-10-16/h2-5H,6-10H2,1H3,(H,17,19)(H,18,20)(H,21,22). The van der Waals surface area contributed by atoms with Gasteiger partial charge < -0.3 is 20.5 Å². The number of ether oxygens (including phenoxy) is 1. The first-order valence-corrected chi connectivity index (χ1v) is 8.63. The summed E-state index contributed by atoms with van der Waals surface area (Å²) in [7, 11) is 0. The molecule has 1 aromatic rings. The van der Waals surface area contributed by atoms with E-state index in [4.69, 9.17) is 4.74 Å². The molecule has 0 bridgehead atoms. The average Bonchev–Trinajstić information content (AvgIpc) is 2.99. The lowest BCUT2D eigenvalue weighted by Gasteiger charge is -2.23. The second-order valence-corrected chi connectivity index (χ2v) is 6.63. The van der Waals surface area contributed by atoms with Crippen molar-refractivity contribution in [3.05, 3.63) is 29.8 Å². The minimum absolute atomic E-state index is 0.0103. The number of hydrogen-bond acceptors (Lipinski definition) is 5. The fourth-order valence-electron chi connectivity index (χ4n) is 2.26. The summed E-state index contributed by atoms with van der Waals surface area (Å²) in [5, 5.41) is 14.5. The number of aryl methyl sites for hydroxylation is 1. The molecule has 8 heteroatoms. The Balaban J connectivity index is 1.73. The van der Waals surface area contributed by atoms with Gasteiger partial charge in [0.1, 0.15) is 0 Å². The van der Waals surface area contributed by atoms with E-state index in [1.165, 1.54) is 0 Å². The van der Waals surface area contributed by atoms with Gasteiger partial charge in [0, 0.05) is 18.7 Å². The third-order valence-corrected chi connectivity index (χ3v) is 4.54. The van der Waals surface area contributed by atoms with E-state index in [0.717, 1.165) is 17.3 Å². The molecule has 1 aliphatic rings. The number of hydrogen-bond donors (Lipinski definition) is 3. The van der Waals surface area contributed by atoms with Gasteiger partial charge in [-0.25, -0.2) is 4.79 Å². The summed E-state index contributed by atoms with van der Waals surface area (Å²) in [6, 6.07) is 7.40. The van der Waals surface area contributed by atoms with Crippen LogP contribution in [0.3, 0.4) is 0 Å². The van der Waals surface area contributed by atoms with Crippen molar-refractivity contribution in [1.29, 1.82) is 0 Å². The van der Waals surface area contributed by atoms with Crippen LogP contribution in [0.1, 0.15) is 12.0 Å². The predicted molar refractivity (Wildman–Crippen MR) is 91.1 cm³/mol. The molecule has 0 radical (unpaired) electrons. The lowest BCUT2D eigenvalue weighted by Crippen LogP contribution is -2.55. The molecule has 1 heterocycles. The number of carbonyl (C=O) groups is 3. The number of rotatable bonds is 7. The van der Waals surface area contributed by atoms with Crippen LogP contribution in [0.2, 0.25) is 0 Å². The Morgan fingerprint density at radius 1 is 1.21 bits per heavy atom. The van der Waals surface area contributed by atoms with Crippen molar-refractivity contribution in [2.45, 2.75) is 18.9 Å². The lowest BCUT2D eigenvalue weighted by molar-refractivity contribution is -0.147. The van der Waals surface area contributed by atoms with Gasteiger partial charge in [-0.2, -0.15) is 0 Å². The Morgan fingerprint density at radius 3 is 2.46 bits per heavy atom. The Kier molecular flexibility index (Phi) is 6.22. The molecular weight excluding hydrogens is 332 g/mol. The van der Waals surface area contributed by atoms with Gasteiger partial charge in [-0.3, -0.25) is 9.59 Å². The van der Waals surface area contributed by atoms with Gasteiger partial charge in [0.2, 0.25) is 11.8 Å². The van der Waals surface area contributed by atoms with E-state index < -0.39 is 17.4 Å². The number of anilines is 1. The topological polar surface area (TPSA) is 105 Å². The van der Waals surface area contributed by atoms with Crippen LogP contribution in [0.15, 0.2) is 24.3 Å². The van der Waals surface area contributed by atoms with Crippen LogP contribution in [-0.2, 0) is 19.1 Å². The van der Waals surface area contributed by atoms with Gasteiger partial charge in [0.15, 0.2) is 5.54 Å². The monoisotopic (exact) mass is 352 g/mol. The quantitative estimate of drug-likeness (QED) is 0.677. The molecule has 2 amide bonds. The number of benzene rings is 1. The first kappa shape index (κ1) is 18.3. The van der Waals surface area contributed by atoms with E-state index >= 15 is 0 Å². The molecule has 0 spiro atoms. The Bertz CT molecular complexity index is 611. The van der Waals surface area contributed by atoms with Gasteiger partial charge in [-0.1, -0.05) is 17.7 Å². The highest BCUT2D eigenvalue weighted by Crippen LogP contribution is 2.19. The Morgan fingerprint density at radius 2 is 1.88 bits per heavy atom. The molecule has 7 nitrogen and oxygen atoms in total. The van der Waals surface area contributed by atoms with Gasteiger partial charge in [-0.15, -0.1) is 11.8 Å². The molecule has 1 aromatic carbocycles. The van der Waals surface area contributed by atoms with Crippen LogP contribution in [0.5, 0.6) is 0 Å². The smallest absolute Gasteiger partial charge is 0.331 e. The Labute approximate surface area is 144 Å². The number of amides is 2. The first-order chi connectivity index (χ1) is 11.4. The second-order valence-electron chi connectivity index (χ2n) is 5.65. The van der Waals surface area contributed by atoms with Crippen molar-refractivity contribution in [2.75, 3.05) is 30.0 Å². The summed E-state index contributed by atoms with van der Waals surface area (Å²) < 4.78 is 5.07. The molecule has 3 N–H and O–H groups in total. The molecule has 24 heavy (non-hydrogen) atoms. The van der Waals surface area contributed by atoms with Gasteiger partial charge in [-0.05, 0) is 19.1 Å². The van der Waals surface area contributed by atoms with E-state index in [0.29, 0.717) is 12.3 Å². The molecule has 130 valence electrons. The molecule has 0 aliphatic carbocycles. The zero-order chi connectivity index (χ0) is 17.6. The van der Waals surface area contributed by atoms with Crippen LogP contribution in [-0.4, -0.2) is 53.1 Å². The van der Waals surface area contributed by atoms with Crippen LogP contribution in [0.25, 0.3) is 0 Å². The van der Waals surface area contributed by atoms with Gasteiger partial charge in [0.25, 0.3) is 0 Å². The van der Waals surface area contributed by atoms with Crippen molar-refractivity contribution in [1.82, 2.24) is 5.32 Å². The third-order valence-electron chi connectivity index (χ3n) is 3.61. The maximum Gasteiger partial charge on any atom is 0.331 e. The molecule has 1 unspecified atom stereocenters. The van der Waals surface area contributed by atoms with Crippen LogP contribution >= 0.6 is 11.8 Å². The third kappa shape index (κ3) is 4.97. The molecule has 0 saturated carbocycles. The number of nitrogens with one attached hydrogen (secondary N) is 2. The predicted octanol–water partition coefficient (Wildman–Crippen LogP) is 1.03. The fourth-order valence-corrected chi connectivity index (χ4v) is 2.88. The zero-order valence-corrected chi connectivity index (χ0v) is 14.1. The number of carboxylic acids is 1. The van der Waals surface area contributed by atoms with Crippen molar-refractivity contribution < 1.29 is 24.2 Å². The highest BCUT2D eigenvalue weighted by Gasteiger charge is 2.43.